The van der Waals surface area contributed by atoms with Crippen LogP contribution in [0.2, 0.25) is 0 Å². The van der Waals surface area contributed by atoms with Gasteiger partial charge in [0.15, 0.2) is 23.0 Å². The van der Waals surface area contributed by atoms with Gasteiger partial charge < -0.3 is 39.0 Å². The van der Waals surface area contributed by atoms with Crippen LogP contribution in [0.15, 0.2) is 6.07 Å². The molecule has 0 aliphatic carbocycles. The molecule has 3 N–H and O–H groups in total. The molecular weight excluding hydrogens is 598 g/mol. The number of hydrogen-bond acceptors (Lipinski definition) is 12. The maximum absolute atomic E-state index is 13.7. The Morgan fingerprint density at radius 2 is 1.86 bits per heavy atom. The SMILES string of the molecule is COc1c(C)cc2c(c1O)[C@@H]1[C@@H]3C(O)c4c(O)c(C)c5c(c4[C@H](COC(C)=O)N3[C@@H](C#N)[C@H](C2)N1C(=O)OCCCl)OCO5. The molecule has 44 heavy (non-hydrogen) atoms. The van der Waals surface area contributed by atoms with Gasteiger partial charge in [0, 0.05) is 29.2 Å². The predicted molar refractivity (Wildman–Crippen MR) is 152 cm³/mol. The fraction of sp³-hybridized carbons (Fsp3) is 0.500. The monoisotopic (exact) mass is 629 g/mol. The maximum Gasteiger partial charge on any atom is 0.410 e. The molecule has 4 aliphatic rings. The van der Waals surface area contributed by atoms with Crippen LogP contribution >= 0.6 is 11.6 Å². The van der Waals surface area contributed by atoms with E-state index < -0.39 is 48.4 Å². The number of halogens is 1. The first-order valence-corrected chi connectivity index (χ1v) is 14.6. The average Bonchev–Trinajstić information content (AvgIpc) is 3.48. The Morgan fingerprint density at radius 1 is 1.14 bits per heavy atom. The standard InChI is InChI=1S/C30H32ClN3O10/c1-12-7-15-8-16-17(9-32)33-18(10-42-14(3)35)20-21(24(36)13(2)28-29(20)44-11-43-28)25(37)23(33)22(19(15)26(38)27(12)40-4)34(16)30(39)41-6-5-31/h7,16-18,22-23,25,36-38H,5-6,8,10-11H2,1-4H3/t16-,17-,18-,22+,23+,25?/m0/s1. The summed E-state index contributed by atoms with van der Waals surface area (Å²) in [5.74, 6) is -0.318. The number of nitrogens with zero attached hydrogens (tertiary/aromatic N) is 3. The van der Waals surface area contributed by atoms with E-state index >= 15 is 0 Å². The van der Waals surface area contributed by atoms with Gasteiger partial charge in [-0.2, -0.15) is 5.26 Å². The minimum atomic E-state index is -1.53. The van der Waals surface area contributed by atoms with Crippen LogP contribution in [0.4, 0.5) is 4.79 Å². The van der Waals surface area contributed by atoms with Crippen molar-refractivity contribution in [3.05, 3.63) is 39.4 Å². The molecule has 6 rings (SSSR count). The van der Waals surface area contributed by atoms with E-state index in [1.165, 1.54) is 18.9 Å². The average molecular weight is 630 g/mol. The summed E-state index contributed by atoms with van der Waals surface area (Å²) in [5, 5.41) is 46.1. The van der Waals surface area contributed by atoms with Crippen LogP contribution in [0.25, 0.3) is 0 Å². The molecule has 4 heterocycles. The molecule has 13 nitrogen and oxygen atoms in total. The number of hydrogen-bond donors (Lipinski definition) is 3. The van der Waals surface area contributed by atoms with Gasteiger partial charge in [-0.1, -0.05) is 6.07 Å². The molecule has 0 spiro atoms. The third-order valence-corrected chi connectivity index (χ3v) is 9.16. The van der Waals surface area contributed by atoms with Crippen molar-refractivity contribution in [2.45, 2.75) is 63.5 Å². The molecule has 2 aromatic rings. The molecule has 6 atom stereocenters. The van der Waals surface area contributed by atoms with Crippen LogP contribution in [0, 0.1) is 25.2 Å². The number of carbonyl (C=O) groups is 2. The first kappa shape index (κ1) is 29.9. The number of piperazine rings is 1. The number of rotatable bonds is 5. The lowest BCUT2D eigenvalue weighted by Gasteiger charge is -2.60. The molecule has 1 unspecified atom stereocenters. The number of ether oxygens (including phenoxy) is 5. The van der Waals surface area contributed by atoms with E-state index in [1.54, 1.807) is 18.7 Å². The lowest BCUT2D eigenvalue weighted by Crippen LogP contribution is -2.71. The highest BCUT2D eigenvalue weighted by Gasteiger charge is 2.62. The Kier molecular flexibility index (Phi) is 7.55. The smallest absolute Gasteiger partial charge is 0.410 e. The summed E-state index contributed by atoms with van der Waals surface area (Å²) < 4.78 is 28.0. The summed E-state index contributed by atoms with van der Waals surface area (Å²) in [6.07, 6.45) is -2.16. The van der Waals surface area contributed by atoms with Crippen LogP contribution in [-0.4, -0.2) is 88.3 Å². The molecule has 0 aromatic heterocycles. The highest BCUT2D eigenvalue weighted by atomic mass is 35.5. The van der Waals surface area contributed by atoms with Gasteiger partial charge in [-0.05, 0) is 31.4 Å². The van der Waals surface area contributed by atoms with Crippen LogP contribution in [0.1, 0.15) is 58.5 Å². The normalized spacial score (nSPS) is 26.2. The van der Waals surface area contributed by atoms with E-state index in [1.807, 2.05) is 6.07 Å². The lowest BCUT2D eigenvalue weighted by atomic mass is 9.70. The number of aryl methyl sites for hydroxylation is 1. The molecule has 2 aromatic carbocycles. The van der Waals surface area contributed by atoms with E-state index in [2.05, 4.69) is 6.07 Å². The van der Waals surface area contributed by atoms with Gasteiger partial charge in [0.2, 0.25) is 6.79 Å². The summed E-state index contributed by atoms with van der Waals surface area (Å²) >= 11 is 5.83. The minimum Gasteiger partial charge on any atom is -0.507 e. The first-order valence-electron chi connectivity index (χ1n) is 14.1. The quantitative estimate of drug-likeness (QED) is 0.327. The van der Waals surface area contributed by atoms with E-state index in [0.717, 1.165) is 0 Å². The molecule has 14 heteroatoms. The highest BCUT2D eigenvalue weighted by Crippen LogP contribution is 2.61. The zero-order chi connectivity index (χ0) is 31.6. The zero-order valence-electron chi connectivity index (χ0n) is 24.5. The number of phenolic OH excluding ortho intramolecular Hbond substituents is 2. The molecule has 4 aliphatic heterocycles. The fourth-order valence-corrected chi connectivity index (χ4v) is 7.49. The van der Waals surface area contributed by atoms with Crippen LogP contribution in [0.3, 0.4) is 0 Å². The number of benzene rings is 2. The third-order valence-electron chi connectivity index (χ3n) is 9.01. The molecule has 2 bridgehead atoms. The third kappa shape index (κ3) is 4.19. The summed E-state index contributed by atoms with van der Waals surface area (Å²) in [6.45, 7) is 4.12. The number of amides is 1. The Hall–Kier alpha value is -4.12. The van der Waals surface area contributed by atoms with Crippen molar-refractivity contribution >= 4 is 23.7 Å². The summed E-state index contributed by atoms with van der Waals surface area (Å²) in [7, 11) is 1.41. The van der Waals surface area contributed by atoms with Crippen molar-refractivity contribution in [3.8, 4) is 34.8 Å². The number of phenols is 2. The second-order valence-electron chi connectivity index (χ2n) is 11.2. The van der Waals surface area contributed by atoms with E-state index in [9.17, 15) is 30.2 Å². The Bertz CT molecular complexity index is 1590. The number of alkyl halides is 1. The zero-order valence-corrected chi connectivity index (χ0v) is 25.3. The van der Waals surface area contributed by atoms with Crippen molar-refractivity contribution in [3.63, 3.8) is 0 Å². The molecule has 0 saturated carbocycles. The summed E-state index contributed by atoms with van der Waals surface area (Å²) in [6, 6.07) is -0.893. The first-order chi connectivity index (χ1) is 21.1. The number of esters is 1. The molecule has 1 saturated heterocycles. The lowest BCUT2D eigenvalue weighted by molar-refractivity contribution is -0.151. The molecule has 234 valence electrons. The summed E-state index contributed by atoms with van der Waals surface area (Å²) in [4.78, 5) is 28.9. The number of aliphatic hydroxyl groups is 1. The van der Waals surface area contributed by atoms with Gasteiger partial charge >= 0.3 is 12.1 Å². The number of carbonyl (C=O) groups excluding carboxylic acids is 2. The fourth-order valence-electron chi connectivity index (χ4n) is 7.41. The van der Waals surface area contributed by atoms with Gasteiger partial charge in [-0.15, -0.1) is 11.6 Å². The van der Waals surface area contributed by atoms with Crippen molar-refractivity contribution in [1.29, 1.82) is 5.26 Å². The van der Waals surface area contributed by atoms with E-state index in [4.69, 9.17) is 35.3 Å². The number of methoxy groups -OCH3 is 1. The molecule has 1 amide bonds. The predicted octanol–water partition coefficient (Wildman–Crippen LogP) is 3.02. The summed E-state index contributed by atoms with van der Waals surface area (Å²) in [5.41, 5.74) is 2.34. The Labute approximate surface area is 258 Å². The van der Waals surface area contributed by atoms with Crippen molar-refractivity contribution in [2.24, 2.45) is 0 Å². The molecular formula is C30H32ClN3O10. The van der Waals surface area contributed by atoms with Crippen molar-refractivity contribution in [1.82, 2.24) is 9.80 Å². The van der Waals surface area contributed by atoms with Gasteiger partial charge in [0.25, 0.3) is 0 Å². The van der Waals surface area contributed by atoms with Crippen LogP contribution in [0.5, 0.6) is 28.7 Å². The topological polar surface area (TPSA) is 171 Å². The van der Waals surface area contributed by atoms with E-state index in [-0.39, 0.29) is 66.6 Å². The van der Waals surface area contributed by atoms with Crippen LogP contribution in [-0.2, 0) is 20.7 Å². The second-order valence-corrected chi connectivity index (χ2v) is 11.6. The molecule has 0 radical (unpaired) electrons. The molecule has 1 fully saturated rings. The van der Waals surface area contributed by atoms with Crippen molar-refractivity contribution in [2.75, 3.05) is 33.0 Å². The minimum absolute atomic E-state index is 0.0296. The van der Waals surface area contributed by atoms with Gasteiger partial charge in [-0.3, -0.25) is 14.6 Å². The van der Waals surface area contributed by atoms with Crippen LogP contribution < -0.4 is 14.2 Å². The number of nitriles is 1. The maximum atomic E-state index is 13.7. The number of aromatic hydroxyl groups is 2. The largest absolute Gasteiger partial charge is 0.507 e. The number of aliphatic hydroxyl groups excluding tert-OH is 1. The van der Waals surface area contributed by atoms with Gasteiger partial charge in [0.1, 0.15) is 31.1 Å². The van der Waals surface area contributed by atoms with E-state index in [0.29, 0.717) is 27.8 Å². The second kappa shape index (κ2) is 11.1. The highest BCUT2D eigenvalue weighted by molar-refractivity contribution is 6.18. The van der Waals surface area contributed by atoms with Gasteiger partial charge in [0.05, 0.1) is 43.2 Å². The van der Waals surface area contributed by atoms with Gasteiger partial charge in [-0.25, -0.2) is 4.79 Å². The number of fused-ring (bicyclic) bond motifs is 9. The van der Waals surface area contributed by atoms with Crippen molar-refractivity contribution < 1.29 is 48.6 Å². The Balaban J connectivity index is 1.66. The Morgan fingerprint density at radius 3 is 2.52 bits per heavy atom.